The van der Waals surface area contributed by atoms with Crippen LogP contribution in [0.2, 0.25) is 0 Å². The number of hydrogen-bond donors (Lipinski definition) is 0. The molecule has 4 rings (SSSR count). The van der Waals surface area contributed by atoms with Gasteiger partial charge in [0, 0.05) is 0 Å². The molecule has 2 atom stereocenters. The molecule has 0 amide bonds. The molecule has 2 aliphatic carbocycles. The van der Waals surface area contributed by atoms with Crippen molar-refractivity contribution in [3.63, 3.8) is 0 Å². The molecule has 0 spiro atoms. The predicted octanol–water partition coefficient (Wildman–Crippen LogP) is 12.3. The fourth-order valence-corrected chi connectivity index (χ4v) is 25.8. The number of rotatable bonds is 2. The van der Waals surface area contributed by atoms with E-state index in [-0.39, 0.29) is 28.9 Å². The Morgan fingerprint density at radius 1 is 0.537 bits per heavy atom. The average Bonchev–Trinajstić information content (AvgIpc) is 3.30. The summed E-state index contributed by atoms with van der Waals surface area (Å²) in [7, 11) is 16.5. The van der Waals surface area contributed by atoms with Crippen molar-refractivity contribution in [2.45, 2.75) is 133 Å². The Bertz CT molecular complexity index is 1430. The molecular weight excluding hydrogens is 619 g/mol. The molecule has 0 saturated heterocycles. The van der Waals surface area contributed by atoms with Gasteiger partial charge in [-0.3, -0.25) is 0 Å². The van der Waals surface area contributed by atoms with Gasteiger partial charge in [-0.25, -0.2) is 0 Å². The molecule has 2 aromatic rings. The second kappa shape index (κ2) is 9.88. The van der Waals surface area contributed by atoms with Crippen molar-refractivity contribution in [1.82, 2.24) is 0 Å². The first kappa shape index (κ1) is 33.2. The van der Waals surface area contributed by atoms with Crippen LogP contribution >= 0.6 is 17.0 Å². The minimum absolute atomic E-state index is 0.0132. The summed E-state index contributed by atoms with van der Waals surface area (Å²) in [5.41, 5.74) is 13.6. The third-order valence-electron chi connectivity index (χ3n) is 9.63. The van der Waals surface area contributed by atoms with E-state index in [1.807, 2.05) is 0 Å². The first-order valence-electron chi connectivity index (χ1n) is 15.4. The molecular formula is C38H54Cl2Zr. The quantitative estimate of drug-likeness (QED) is 0.298. The van der Waals surface area contributed by atoms with Gasteiger partial charge in [0.05, 0.1) is 0 Å². The number of fused-ring (bicyclic) bond motifs is 2. The Kier molecular flexibility index (Phi) is 7.99. The van der Waals surface area contributed by atoms with E-state index in [1.165, 1.54) is 55.7 Å². The normalized spacial score (nSPS) is 20.0. The zero-order valence-electron chi connectivity index (χ0n) is 28.5. The molecule has 3 heteroatoms. The predicted molar refractivity (Wildman–Crippen MR) is 184 cm³/mol. The Morgan fingerprint density at radius 3 is 1.05 bits per heavy atom. The molecule has 0 nitrogen and oxygen atoms in total. The van der Waals surface area contributed by atoms with Crippen LogP contribution in [0, 0.1) is 0 Å². The third kappa shape index (κ3) is 5.53. The summed E-state index contributed by atoms with van der Waals surface area (Å²) in [6.45, 7) is 34.6. The van der Waals surface area contributed by atoms with Crippen molar-refractivity contribution < 1.29 is 15.9 Å². The summed E-state index contributed by atoms with van der Waals surface area (Å²) in [5.74, 6) is 0. The zero-order valence-corrected chi connectivity index (χ0v) is 32.4. The molecule has 0 fully saturated rings. The second-order valence-electron chi connectivity index (χ2n) is 17.2. The van der Waals surface area contributed by atoms with Crippen molar-refractivity contribution in [3.8, 4) is 0 Å². The summed E-state index contributed by atoms with van der Waals surface area (Å²) in [6, 6.07) is 9.84. The molecule has 0 radical (unpaired) electrons. The molecule has 224 valence electrons. The monoisotopic (exact) mass is 670 g/mol. The fourth-order valence-electron chi connectivity index (χ4n) is 7.61. The van der Waals surface area contributed by atoms with Crippen molar-refractivity contribution in [1.29, 1.82) is 0 Å². The summed E-state index contributed by atoms with van der Waals surface area (Å²) < 4.78 is 2.37. The summed E-state index contributed by atoms with van der Waals surface area (Å²) >= 11 is -4.82. The topological polar surface area (TPSA) is 0 Å². The van der Waals surface area contributed by atoms with E-state index in [1.54, 1.807) is 0 Å². The molecule has 2 unspecified atom stereocenters. The molecule has 0 heterocycles. The van der Waals surface area contributed by atoms with Crippen molar-refractivity contribution in [2.24, 2.45) is 0 Å². The van der Waals surface area contributed by atoms with Crippen molar-refractivity contribution in [3.05, 3.63) is 79.9 Å². The molecule has 0 saturated carbocycles. The van der Waals surface area contributed by atoms with Gasteiger partial charge in [-0.2, -0.15) is 0 Å². The van der Waals surface area contributed by atoms with Crippen LogP contribution in [0.15, 0.2) is 35.4 Å². The molecule has 0 N–H and O–H groups in total. The van der Waals surface area contributed by atoms with E-state index in [9.17, 15) is 0 Å². The van der Waals surface area contributed by atoms with E-state index < -0.39 is 15.9 Å². The van der Waals surface area contributed by atoms with Crippen LogP contribution in [0.5, 0.6) is 0 Å². The van der Waals surface area contributed by atoms with Crippen LogP contribution in [0.4, 0.5) is 0 Å². The van der Waals surface area contributed by atoms with E-state index >= 15 is 0 Å². The number of allylic oxidation sites excluding steroid dienone is 2. The van der Waals surface area contributed by atoms with Gasteiger partial charge in [0.1, 0.15) is 0 Å². The van der Waals surface area contributed by atoms with Gasteiger partial charge in [0.15, 0.2) is 0 Å². The molecule has 0 aromatic heterocycles. The number of hydrogen-bond acceptors (Lipinski definition) is 0. The van der Waals surface area contributed by atoms with E-state index in [0.29, 0.717) is 0 Å². The van der Waals surface area contributed by atoms with Gasteiger partial charge in [-0.15, -0.1) is 0 Å². The van der Waals surface area contributed by atoms with E-state index in [4.69, 9.17) is 17.0 Å². The van der Waals surface area contributed by atoms with Gasteiger partial charge in [0.2, 0.25) is 0 Å². The molecule has 2 aromatic carbocycles. The summed E-state index contributed by atoms with van der Waals surface area (Å²) in [4.78, 5) is 0. The molecule has 0 aliphatic heterocycles. The third-order valence-corrected chi connectivity index (χ3v) is 29.3. The Labute approximate surface area is 259 Å². The fraction of sp³-hybridized carbons (Fsp3) is 0.553. The maximum atomic E-state index is 8.27. The first-order chi connectivity index (χ1) is 18.3. The molecule has 0 bridgehead atoms. The number of halogens is 2. The van der Waals surface area contributed by atoms with Gasteiger partial charge in [0.25, 0.3) is 0 Å². The van der Waals surface area contributed by atoms with E-state index in [2.05, 4.69) is 144 Å². The van der Waals surface area contributed by atoms with Crippen molar-refractivity contribution in [2.75, 3.05) is 0 Å². The summed E-state index contributed by atoms with van der Waals surface area (Å²) in [6.07, 6.45) is 4.75. The Balaban J connectivity index is 2.03. The average molecular weight is 673 g/mol. The SMILES string of the molecule is C[CH]=[Zr]([Cl])([Cl])([CH]1C(C)=Cc2cc(C(C)(C)C)c(C(C)(C)C)cc21)[CH]1C(C)=Cc2cc(C(C)(C)C)c(C(C)(C)C)cc21. The summed E-state index contributed by atoms with van der Waals surface area (Å²) in [5, 5.41) is 0. The Hall–Kier alpha value is -0.747. The number of benzene rings is 2. The van der Waals surface area contributed by atoms with Crippen LogP contribution in [-0.2, 0) is 37.6 Å². The van der Waals surface area contributed by atoms with Gasteiger partial charge in [-0.05, 0) is 0 Å². The minimum atomic E-state index is -4.82. The van der Waals surface area contributed by atoms with Crippen LogP contribution in [0.25, 0.3) is 12.2 Å². The van der Waals surface area contributed by atoms with Crippen molar-refractivity contribution >= 4 is 32.9 Å². The maximum absolute atomic E-state index is 8.27. The van der Waals surface area contributed by atoms with Crippen LogP contribution in [-0.4, -0.2) is 3.71 Å². The standard InChI is InChI=1S/2C18H25.C2H4.2ClH.Zr/c2*1-12-8-13-10-15(17(2,3)4)16(18(5,6)7)11-14(13)9-12;1-2;;;/h2*8-11H,1-7H3;1H,2H3;2*1H;/q;;;;;+2/p-2. The van der Waals surface area contributed by atoms with Gasteiger partial charge < -0.3 is 0 Å². The van der Waals surface area contributed by atoms with E-state index in [0.717, 1.165) is 0 Å². The molecule has 2 aliphatic rings. The van der Waals surface area contributed by atoms with Crippen LogP contribution < -0.4 is 0 Å². The first-order valence-corrected chi connectivity index (χ1v) is 26.0. The Morgan fingerprint density at radius 2 is 0.805 bits per heavy atom. The van der Waals surface area contributed by atoms with Gasteiger partial charge >= 0.3 is 261 Å². The zero-order chi connectivity index (χ0) is 31.3. The van der Waals surface area contributed by atoms with Crippen LogP contribution in [0.1, 0.15) is 156 Å². The second-order valence-corrected chi connectivity index (χ2v) is 38.6. The van der Waals surface area contributed by atoms with Crippen LogP contribution in [0.3, 0.4) is 0 Å². The molecule has 41 heavy (non-hydrogen) atoms. The van der Waals surface area contributed by atoms with Gasteiger partial charge in [-0.1, -0.05) is 0 Å².